The first-order valence-electron chi connectivity index (χ1n) is 9.85. The zero-order valence-corrected chi connectivity index (χ0v) is 18.2. The predicted octanol–water partition coefficient (Wildman–Crippen LogP) is 2.70. The molecule has 4 rings (SSSR count). The van der Waals surface area contributed by atoms with Crippen LogP contribution in [0.3, 0.4) is 0 Å². The van der Waals surface area contributed by atoms with E-state index in [0.29, 0.717) is 6.07 Å². The number of carbonyl (C=O) groups is 1. The van der Waals surface area contributed by atoms with Crippen LogP contribution in [-0.2, 0) is 4.74 Å². The van der Waals surface area contributed by atoms with Crippen LogP contribution >= 0.6 is 11.6 Å². The predicted molar refractivity (Wildman–Crippen MR) is 116 cm³/mol. The molecule has 8 nitrogen and oxygen atoms in total. The number of aromatic nitrogens is 2. The Bertz CT molecular complexity index is 1370. The number of hydrogen-bond donors (Lipinski definition) is 2. The molecule has 1 fully saturated rings. The molecule has 0 atom stereocenters. The van der Waals surface area contributed by atoms with E-state index in [1.165, 1.54) is 18.7 Å². The molecule has 174 valence electrons. The average molecular weight is 483 g/mol. The van der Waals surface area contributed by atoms with Gasteiger partial charge in [0.15, 0.2) is 29.1 Å². The number of esters is 1. The third-order valence-electron chi connectivity index (χ3n) is 5.38. The molecule has 3 aromatic rings. The van der Waals surface area contributed by atoms with Crippen LogP contribution in [0.15, 0.2) is 17.1 Å². The van der Waals surface area contributed by atoms with Crippen LogP contribution in [0.5, 0.6) is 0 Å². The fraction of sp³-hybridized carbons (Fsp3) is 0.286. The normalized spacial score (nSPS) is 14.0. The first kappa shape index (κ1) is 22.9. The minimum atomic E-state index is -1.17. The molecule has 12 heteroatoms. The lowest BCUT2D eigenvalue weighted by atomic mass is 10.0. The van der Waals surface area contributed by atoms with Crippen LogP contribution in [0.4, 0.5) is 24.7 Å². The minimum absolute atomic E-state index is 0.0588. The number of benzene rings is 1. The Kier molecular flexibility index (Phi) is 5.71. The van der Waals surface area contributed by atoms with E-state index in [0.717, 1.165) is 10.8 Å². The van der Waals surface area contributed by atoms with Crippen LogP contribution in [0.2, 0.25) is 5.02 Å². The molecule has 33 heavy (non-hydrogen) atoms. The van der Waals surface area contributed by atoms with Crippen molar-refractivity contribution in [2.45, 2.75) is 20.0 Å². The number of aryl methyl sites for hydroxylation is 1. The van der Waals surface area contributed by atoms with Crippen LogP contribution in [-0.4, -0.2) is 46.4 Å². The Balaban J connectivity index is 2.17. The van der Waals surface area contributed by atoms with Gasteiger partial charge in [-0.2, -0.15) is 0 Å². The standard InChI is InChI=1S/C21H18ClF3N4O4/c1-3-33-21(32)10-7-29(20-12(24)4-11(23)19(26)27-20)16-13(18(10)31)8(2)15(25)17(14(16)22)28-5-9(30)6-28/h4,7,9,30H,3,5-6H2,1-2H3,(H2,26,27). The molecular weight excluding hydrogens is 465 g/mol. The number of nitrogens with zero attached hydrogens (tertiary/aromatic N) is 3. The second-order valence-electron chi connectivity index (χ2n) is 7.51. The number of β-amino-alcohol motifs (C(OH)–C–C–N with tert-alkyl or cyclic N) is 1. The summed E-state index contributed by atoms with van der Waals surface area (Å²) < 4.78 is 49.7. The van der Waals surface area contributed by atoms with Crippen LogP contribution in [0.1, 0.15) is 22.8 Å². The number of pyridine rings is 2. The van der Waals surface area contributed by atoms with Crippen LogP contribution in [0.25, 0.3) is 16.7 Å². The third-order valence-corrected chi connectivity index (χ3v) is 5.73. The summed E-state index contributed by atoms with van der Waals surface area (Å²) in [5, 5.41) is 9.05. The van der Waals surface area contributed by atoms with Gasteiger partial charge in [0.05, 0.1) is 34.3 Å². The number of rotatable bonds is 4. The summed E-state index contributed by atoms with van der Waals surface area (Å²) >= 11 is 6.52. The molecule has 3 N–H and O–H groups in total. The second kappa shape index (κ2) is 8.23. The number of carbonyl (C=O) groups excluding carboxylic acids is 1. The van der Waals surface area contributed by atoms with Crippen LogP contribution in [0, 0.1) is 24.4 Å². The Hall–Kier alpha value is -3.31. The lowest BCUT2D eigenvalue weighted by Crippen LogP contribution is -2.51. The van der Waals surface area contributed by atoms with Gasteiger partial charge in [-0.15, -0.1) is 0 Å². The lowest BCUT2D eigenvalue weighted by molar-refractivity contribution is 0.0524. The fourth-order valence-corrected chi connectivity index (χ4v) is 4.14. The highest BCUT2D eigenvalue weighted by atomic mass is 35.5. The largest absolute Gasteiger partial charge is 0.462 e. The number of halogens is 4. The van der Waals surface area contributed by atoms with Crippen molar-refractivity contribution in [2.24, 2.45) is 0 Å². The van der Waals surface area contributed by atoms with Crippen molar-refractivity contribution in [1.29, 1.82) is 0 Å². The molecule has 0 saturated carbocycles. The quantitative estimate of drug-likeness (QED) is 0.550. The first-order valence-corrected chi connectivity index (χ1v) is 10.2. The van der Waals surface area contributed by atoms with Crippen molar-refractivity contribution >= 4 is 40.0 Å². The molecule has 0 spiro atoms. The molecule has 0 unspecified atom stereocenters. The van der Waals surface area contributed by atoms with Crippen molar-refractivity contribution in [3.8, 4) is 5.82 Å². The molecule has 0 bridgehead atoms. The monoisotopic (exact) mass is 482 g/mol. The smallest absolute Gasteiger partial charge is 0.343 e. The summed E-state index contributed by atoms with van der Waals surface area (Å²) in [6, 6.07) is 0.489. The van der Waals surface area contributed by atoms with Crippen molar-refractivity contribution in [3.63, 3.8) is 0 Å². The summed E-state index contributed by atoms with van der Waals surface area (Å²) in [7, 11) is 0. The van der Waals surface area contributed by atoms with Gasteiger partial charge in [0, 0.05) is 30.9 Å². The van der Waals surface area contributed by atoms with Gasteiger partial charge in [-0.3, -0.25) is 9.36 Å². The van der Waals surface area contributed by atoms with Gasteiger partial charge in [-0.1, -0.05) is 11.6 Å². The molecule has 0 radical (unpaired) electrons. The van der Waals surface area contributed by atoms with E-state index in [-0.39, 0.29) is 46.9 Å². The van der Waals surface area contributed by atoms with E-state index >= 15 is 4.39 Å². The summed E-state index contributed by atoms with van der Waals surface area (Å²) in [5.74, 6) is -5.35. The SMILES string of the molecule is CCOC(=O)c1cn(-c2nc(N)c(F)cc2F)c2c(Cl)c(N3CC(O)C3)c(F)c(C)c2c1=O. The number of anilines is 2. The minimum Gasteiger partial charge on any atom is -0.462 e. The zero-order valence-electron chi connectivity index (χ0n) is 17.5. The van der Waals surface area contributed by atoms with E-state index in [9.17, 15) is 23.5 Å². The number of fused-ring (bicyclic) bond motifs is 1. The number of hydrogen-bond acceptors (Lipinski definition) is 7. The van der Waals surface area contributed by atoms with Crippen molar-refractivity contribution in [3.05, 3.63) is 56.1 Å². The molecule has 1 saturated heterocycles. The maximum atomic E-state index is 15.4. The number of nitrogen functional groups attached to an aromatic ring is 1. The van der Waals surface area contributed by atoms with Crippen LogP contribution < -0.4 is 16.1 Å². The number of aliphatic hydroxyl groups excluding tert-OH is 1. The zero-order chi connectivity index (χ0) is 24.2. The average Bonchev–Trinajstić information content (AvgIpc) is 2.73. The van der Waals surface area contributed by atoms with E-state index < -0.39 is 52.2 Å². The van der Waals surface area contributed by atoms with Gasteiger partial charge in [-0.05, 0) is 13.8 Å². The third kappa shape index (κ3) is 3.57. The fourth-order valence-electron chi connectivity index (χ4n) is 3.75. The highest BCUT2D eigenvalue weighted by Crippen LogP contribution is 2.40. The van der Waals surface area contributed by atoms with Gasteiger partial charge in [0.1, 0.15) is 5.56 Å². The molecular formula is C21H18ClF3N4O4. The number of nitrogens with two attached hydrogens (primary N) is 1. The van der Waals surface area contributed by atoms with Crippen molar-refractivity contribution in [1.82, 2.24) is 9.55 Å². The summed E-state index contributed by atoms with van der Waals surface area (Å²) in [6.45, 7) is 2.94. The van der Waals surface area contributed by atoms with E-state index in [2.05, 4.69) is 4.98 Å². The lowest BCUT2D eigenvalue weighted by Gasteiger charge is -2.39. The topological polar surface area (TPSA) is 111 Å². The second-order valence-corrected chi connectivity index (χ2v) is 7.89. The highest BCUT2D eigenvalue weighted by molar-refractivity contribution is 6.38. The summed E-state index contributed by atoms with van der Waals surface area (Å²) in [6.07, 6.45) is 0.254. The van der Waals surface area contributed by atoms with Gasteiger partial charge in [-0.25, -0.2) is 22.9 Å². The Morgan fingerprint density at radius 1 is 1.33 bits per heavy atom. The molecule has 2 aromatic heterocycles. The Labute approximate surface area is 189 Å². The Morgan fingerprint density at radius 2 is 2.00 bits per heavy atom. The maximum Gasteiger partial charge on any atom is 0.343 e. The molecule has 3 heterocycles. The number of ether oxygens (including phenoxy) is 1. The molecule has 1 aromatic carbocycles. The number of aliphatic hydroxyl groups is 1. The van der Waals surface area contributed by atoms with E-state index in [4.69, 9.17) is 22.1 Å². The van der Waals surface area contributed by atoms with Gasteiger partial charge >= 0.3 is 5.97 Å². The maximum absolute atomic E-state index is 15.4. The molecule has 1 aliphatic rings. The van der Waals surface area contributed by atoms with E-state index in [1.807, 2.05) is 0 Å². The van der Waals surface area contributed by atoms with Gasteiger partial charge in [0.25, 0.3) is 0 Å². The first-order chi connectivity index (χ1) is 15.6. The summed E-state index contributed by atoms with van der Waals surface area (Å²) in [4.78, 5) is 30.8. The highest BCUT2D eigenvalue weighted by Gasteiger charge is 2.33. The molecule has 0 aliphatic carbocycles. The summed E-state index contributed by atoms with van der Waals surface area (Å²) in [5.41, 5.74) is 3.66. The molecule has 0 amide bonds. The van der Waals surface area contributed by atoms with Gasteiger partial charge < -0.3 is 20.5 Å². The van der Waals surface area contributed by atoms with Crippen molar-refractivity contribution < 1.29 is 27.8 Å². The Morgan fingerprint density at radius 3 is 2.61 bits per heavy atom. The molecule has 1 aliphatic heterocycles. The van der Waals surface area contributed by atoms with Gasteiger partial charge in [0.2, 0.25) is 5.43 Å². The van der Waals surface area contributed by atoms with E-state index in [1.54, 1.807) is 0 Å². The van der Waals surface area contributed by atoms with Crippen molar-refractivity contribution in [2.75, 3.05) is 30.3 Å².